The van der Waals surface area contributed by atoms with Gasteiger partial charge in [-0.15, -0.1) is 0 Å². The highest BCUT2D eigenvalue weighted by Crippen LogP contribution is 2.29. The Morgan fingerprint density at radius 3 is 2.68 bits per heavy atom. The van der Waals surface area contributed by atoms with E-state index in [1.165, 1.54) is 18.2 Å². The van der Waals surface area contributed by atoms with Crippen LogP contribution in [0.2, 0.25) is 5.02 Å². The van der Waals surface area contributed by atoms with Gasteiger partial charge in [-0.2, -0.15) is 0 Å². The molecule has 2 nitrogen and oxygen atoms in total. The lowest BCUT2D eigenvalue weighted by Crippen LogP contribution is -2.12. The molecule has 1 aromatic heterocycles. The van der Waals surface area contributed by atoms with Gasteiger partial charge in [0.05, 0.1) is 6.04 Å². The van der Waals surface area contributed by atoms with E-state index in [0.717, 1.165) is 11.0 Å². The molecule has 19 heavy (non-hydrogen) atoms. The zero-order chi connectivity index (χ0) is 13.4. The number of hydrogen-bond acceptors (Lipinski definition) is 2. The molecular formula is C15H11ClFNO. The SMILES string of the molecule is NC(c1cc2ccccc2o1)c1cc(Cl)ccc1F. The smallest absolute Gasteiger partial charge is 0.134 e. The van der Waals surface area contributed by atoms with Gasteiger partial charge < -0.3 is 10.2 Å². The maximum atomic E-state index is 13.8. The maximum absolute atomic E-state index is 13.8. The third-order valence-corrected chi connectivity index (χ3v) is 3.28. The Balaban J connectivity index is 2.07. The molecule has 1 atom stereocenters. The van der Waals surface area contributed by atoms with E-state index in [0.29, 0.717) is 16.3 Å². The summed E-state index contributed by atoms with van der Waals surface area (Å²) in [6.07, 6.45) is 0. The number of nitrogens with two attached hydrogens (primary N) is 1. The second-order valence-electron chi connectivity index (χ2n) is 4.33. The summed E-state index contributed by atoms with van der Waals surface area (Å²) in [4.78, 5) is 0. The van der Waals surface area contributed by atoms with Crippen LogP contribution >= 0.6 is 11.6 Å². The first-order valence-electron chi connectivity index (χ1n) is 5.84. The number of benzene rings is 2. The normalized spacial score (nSPS) is 12.8. The second-order valence-corrected chi connectivity index (χ2v) is 4.77. The quantitative estimate of drug-likeness (QED) is 0.758. The van der Waals surface area contributed by atoms with Gasteiger partial charge in [0.2, 0.25) is 0 Å². The number of halogens is 2. The average Bonchev–Trinajstić information content (AvgIpc) is 2.84. The molecule has 3 rings (SSSR count). The van der Waals surface area contributed by atoms with Crippen molar-refractivity contribution in [3.63, 3.8) is 0 Å². The van der Waals surface area contributed by atoms with Gasteiger partial charge in [-0.1, -0.05) is 29.8 Å². The van der Waals surface area contributed by atoms with E-state index in [2.05, 4.69) is 0 Å². The molecule has 0 saturated carbocycles. The highest BCUT2D eigenvalue weighted by atomic mass is 35.5. The fourth-order valence-electron chi connectivity index (χ4n) is 2.06. The van der Waals surface area contributed by atoms with Gasteiger partial charge >= 0.3 is 0 Å². The van der Waals surface area contributed by atoms with Crippen molar-refractivity contribution in [3.05, 3.63) is 70.7 Å². The molecule has 0 aliphatic carbocycles. The summed E-state index contributed by atoms with van der Waals surface area (Å²) in [5.41, 5.74) is 7.11. The summed E-state index contributed by atoms with van der Waals surface area (Å²) in [7, 11) is 0. The molecule has 0 radical (unpaired) electrons. The van der Waals surface area contributed by atoms with Crippen LogP contribution in [0.5, 0.6) is 0 Å². The van der Waals surface area contributed by atoms with E-state index >= 15 is 0 Å². The molecule has 3 aromatic rings. The van der Waals surface area contributed by atoms with Crippen LogP contribution in [0.25, 0.3) is 11.0 Å². The van der Waals surface area contributed by atoms with Gasteiger partial charge in [0, 0.05) is 16.0 Å². The molecule has 0 amide bonds. The minimum absolute atomic E-state index is 0.326. The number of furan rings is 1. The highest BCUT2D eigenvalue weighted by Gasteiger charge is 2.18. The van der Waals surface area contributed by atoms with E-state index in [1.807, 2.05) is 30.3 Å². The summed E-state index contributed by atoms with van der Waals surface area (Å²) in [6, 6.07) is 13.0. The van der Waals surface area contributed by atoms with Crippen molar-refractivity contribution in [1.82, 2.24) is 0 Å². The Labute approximate surface area is 114 Å². The first kappa shape index (κ1) is 12.2. The van der Waals surface area contributed by atoms with Crippen LogP contribution in [0.4, 0.5) is 4.39 Å². The van der Waals surface area contributed by atoms with Gasteiger partial charge in [-0.3, -0.25) is 0 Å². The Bertz CT molecular complexity index is 705. The Hall–Kier alpha value is -1.84. The number of rotatable bonds is 2. The molecule has 0 fully saturated rings. The summed E-state index contributed by atoms with van der Waals surface area (Å²) in [6.45, 7) is 0. The molecular weight excluding hydrogens is 265 g/mol. The Kier molecular flexibility index (Phi) is 3.01. The second kappa shape index (κ2) is 4.68. The fourth-order valence-corrected chi connectivity index (χ4v) is 2.24. The molecule has 2 N–H and O–H groups in total. The summed E-state index contributed by atoms with van der Waals surface area (Å²) in [5.74, 6) is 0.125. The number of hydrogen-bond donors (Lipinski definition) is 1. The van der Waals surface area contributed by atoms with E-state index in [4.69, 9.17) is 21.8 Å². The molecule has 0 saturated heterocycles. The van der Waals surface area contributed by atoms with Crippen LogP contribution in [0.3, 0.4) is 0 Å². The zero-order valence-electron chi connectivity index (χ0n) is 9.94. The molecule has 96 valence electrons. The predicted octanol–water partition coefficient (Wildman–Crippen LogP) is 4.27. The minimum atomic E-state index is -0.675. The lowest BCUT2D eigenvalue weighted by atomic mass is 10.0. The lowest BCUT2D eigenvalue weighted by Gasteiger charge is -2.10. The van der Waals surface area contributed by atoms with Crippen LogP contribution in [0, 0.1) is 5.82 Å². The van der Waals surface area contributed by atoms with E-state index in [1.54, 1.807) is 0 Å². The van der Waals surface area contributed by atoms with Crippen LogP contribution in [-0.2, 0) is 0 Å². The highest BCUT2D eigenvalue weighted by molar-refractivity contribution is 6.30. The number of fused-ring (bicyclic) bond motifs is 1. The van der Waals surface area contributed by atoms with Crippen molar-refractivity contribution in [1.29, 1.82) is 0 Å². The third kappa shape index (κ3) is 2.23. The zero-order valence-corrected chi connectivity index (χ0v) is 10.7. The summed E-state index contributed by atoms with van der Waals surface area (Å²) in [5, 5.41) is 1.39. The van der Waals surface area contributed by atoms with E-state index < -0.39 is 11.9 Å². The van der Waals surface area contributed by atoms with Crippen molar-refractivity contribution >= 4 is 22.6 Å². The standard InChI is InChI=1S/C15H11ClFNO/c16-10-5-6-12(17)11(8-10)15(18)14-7-9-3-1-2-4-13(9)19-14/h1-8,15H,18H2. The predicted molar refractivity (Wildman–Crippen MR) is 73.7 cm³/mol. The van der Waals surface area contributed by atoms with Crippen molar-refractivity contribution in [2.75, 3.05) is 0 Å². The molecule has 0 bridgehead atoms. The van der Waals surface area contributed by atoms with Gasteiger partial charge in [-0.25, -0.2) is 4.39 Å². The molecule has 1 unspecified atom stereocenters. The topological polar surface area (TPSA) is 39.2 Å². The van der Waals surface area contributed by atoms with Gasteiger partial charge in [-0.05, 0) is 30.3 Å². The van der Waals surface area contributed by atoms with E-state index in [-0.39, 0.29) is 0 Å². The van der Waals surface area contributed by atoms with Crippen molar-refractivity contribution in [3.8, 4) is 0 Å². The maximum Gasteiger partial charge on any atom is 0.134 e. The molecule has 0 aliphatic heterocycles. The minimum Gasteiger partial charge on any atom is -0.459 e. The first-order valence-corrected chi connectivity index (χ1v) is 6.22. The van der Waals surface area contributed by atoms with Crippen LogP contribution in [-0.4, -0.2) is 0 Å². The molecule has 4 heteroatoms. The van der Waals surface area contributed by atoms with Gasteiger partial charge in [0.1, 0.15) is 17.2 Å². The van der Waals surface area contributed by atoms with Crippen LogP contribution in [0.1, 0.15) is 17.4 Å². The summed E-state index contributed by atoms with van der Waals surface area (Å²) < 4.78 is 19.4. The third-order valence-electron chi connectivity index (χ3n) is 3.04. The Morgan fingerprint density at radius 1 is 1.11 bits per heavy atom. The average molecular weight is 276 g/mol. The van der Waals surface area contributed by atoms with Crippen molar-refractivity contribution in [2.24, 2.45) is 5.73 Å². The fraction of sp³-hybridized carbons (Fsp3) is 0.0667. The van der Waals surface area contributed by atoms with Crippen LogP contribution < -0.4 is 5.73 Å². The molecule has 2 aromatic carbocycles. The Morgan fingerprint density at radius 2 is 1.89 bits per heavy atom. The van der Waals surface area contributed by atoms with Gasteiger partial charge in [0.25, 0.3) is 0 Å². The van der Waals surface area contributed by atoms with Crippen molar-refractivity contribution in [2.45, 2.75) is 6.04 Å². The monoisotopic (exact) mass is 275 g/mol. The molecule has 0 aliphatic rings. The molecule has 0 spiro atoms. The lowest BCUT2D eigenvalue weighted by molar-refractivity contribution is 0.510. The van der Waals surface area contributed by atoms with Gasteiger partial charge in [0.15, 0.2) is 0 Å². The first-order chi connectivity index (χ1) is 9.15. The van der Waals surface area contributed by atoms with Crippen molar-refractivity contribution < 1.29 is 8.81 Å². The largest absolute Gasteiger partial charge is 0.459 e. The number of para-hydroxylation sites is 1. The van der Waals surface area contributed by atoms with E-state index in [9.17, 15) is 4.39 Å². The van der Waals surface area contributed by atoms with Crippen LogP contribution in [0.15, 0.2) is 52.9 Å². The molecule has 1 heterocycles. The summed E-state index contributed by atoms with van der Waals surface area (Å²) >= 11 is 5.87.